The van der Waals surface area contributed by atoms with Crippen molar-refractivity contribution < 1.29 is 15.0 Å². The number of hydrogen-bond acceptors (Lipinski definition) is 3. The molecule has 94 valence electrons. The van der Waals surface area contributed by atoms with Crippen LogP contribution < -0.4 is 0 Å². The van der Waals surface area contributed by atoms with Crippen molar-refractivity contribution in [3.8, 4) is 0 Å². The van der Waals surface area contributed by atoms with Crippen LogP contribution in [0.25, 0.3) is 0 Å². The van der Waals surface area contributed by atoms with Gasteiger partial charge in [-0.05, 0) is 39.0 Å². The minimum atomic E-state index is -0.401. The van der Waals surface area contributed by atoms with E-state index in [1.165, 1.54) is 0 Å². The van der Waals surface area contributed by atoms with E-state index in [0.29, 0.717) is 18.9 Å². The first-order chi connectivity index (χ1) is 7.65. The van der Waals surface area contributed by atoms with E-state index in [0.717, 1.165) is 32.2 Å². The van der Waals surface area contributed by atoms with E-state index in [2.05, 4.69) is 0 Å². The smallest absolute Gasteiger partial charge is 0.222 e. The Morgan fingerprint density at radius 2 is 2.31 bits per heavy atom. The highest BCUT2D eigenvalue weighted by atomic mass is 16.3. The third-order valence-electron chi connectivity index (χ3n) is 3.17. The number of likely N-dealkylation sites (tertiary alicyclic amines) is 1. The molecule has 1 aliphatic heterocycles. The van der Waals surface area contributed by atoms with Crippen molar-refractivity contribution in [3.63, 3.8) is 0 Å². The van der Waals surface area contributed by atoms with Crippen LogP contribution in [0.3, 0.4) is 0 Å². The van der Waals surface area contributed by atoms with Crippen LogP contribution >= 0.6 is 0 Å². The predicted molar refractivity (Wildman–Crippen MR) is 62.0 cm³/mol. The molecule has 1 saturated heterocycles. The summed E-state index contributed by atoms with van der Waals surface area (Å²) in [4.78, 5) is 13.8. The molecule has 0 bridgehead atoms. The van der Waals surface area contributed by atoms with Gasteiger partial charge in [-0.25, -0.2) is 0 Å². The van der Waals surface area contributed by atoms with Gasteiger partial charge in [0, 0.05) is 25.6 Å². The lowest BCUT2D eigenvalue weighted by molar-refractivity contribution is -0.132. The van der Waals surface area contributed by atoms with Crippen molar-refractivity contribution >= 4 is 5.91 Å². The highest BCUT2D eigenvalue weighted by Gasteiger charge is 2.27. The molecule has 0 spiro atoms. The van der Waals surface area contributed by atoms with Gasteiger partial charge in [0.05, 0.1) is 6.10 Å². The van der Waals surface area contributed by atoms with Crippen LogP contribution in [0.5, 0.6) is 0 Å². The second-order valence-corrected chi connectivity index (χ2v) is 4.64. The summed E-state index contributed by atoms with van der Waals surface area (Å²) in [6.45, 7) is 2.75. The number of carbonyl (C=O) groups is 1. The number of carbonyl (C=O) groups excluding carboxylic acids is 1. The molecule has 0 aromatic heterocycles. The van der Waals surface area contributed by atoms with Crippen LogP contribution in [0.4, 0.5) is 0 Å². The number of aliphatic hydroxyl groups is 2. The Morgan fingerprint density at radius 1 is 1.56 bits per heavy atom. The first-order valence-electron chi connectivity index (χ1n) is 6.23. The fraction of sp³-hybridized carbons (Fsp3) is 0.917. The molecule has 1 rings (SSSR count). The van der Waals surface area contributed by atoms with Crippen LogP contribution in [0, 0.1) is 0 Å². The van der Waals surface area contributed by atoms with Gasteiger partial charge in [0.25, 0.3) is 0 Å². The molecular formula is C12H23NO3. The van der Waals surface area contributed by atoms with Gasteiger partial charge in [0.15, 0.2) is 0 Å². The van der Waals surface area contributed by atoms with Crippen LogP contribution in [0.2, 0.25) is 0 Å². The Hall–Kier alpha value is -0.610. The fourth-order valence-corrected chi connectivity index (χ4v) is 2.27. The number of nitrogens with zero attached hydrogens (tertiary/aromatic N) is 1. The highest BCUT2D eigenvalue weighted by Crippen LogP contribution is 2.22. The topological polar surface area (TPSA) is 60.8 Å². The van der Waals surface area contributed by atoms with Crippen LogP contribution in [0.1, 0.15) is 45.4 Å². The molecule has 0 radical (unpaired) electrons. The Bertz CT molecular complexity index is 218. The average Bonchev–Trinajstić information content (AvgIpc) is 2.71. The van der Waals surface area contributed by atoms with E-state index in [9.17, 15) is 4.79 Å². The summed E-state index contributed by atoms with van der Waals surface area (Å²) in [5.41, 5.74) is 0. The normalized spacial score (nSPS) is 22.4. The van der Waals surface area contributed by atoms with Crippen LogP contribution in [-0.4, -0.2) is 46.3 Å². The lowest BCUT2D eigenvalue weighted by Gasteiger charge is -2.24. The molecule has 0 aliphatic carbocycles. The lowest BCUT2D eigenvalue weighted by Crippen LogP contribution is -2.35. The van der Waals surface area contributed by atoms with Gasteiger partial charge in [-0.3, -0.25) is 4.79 Å². The first-order valence-corrected chi connectivity index (χ1v) is 6.23. The second kappa shape index (κ2) is 6.86. The van der Waals surface area contributed by atoms with Gasteiger partial charge in [-0.1, -0.05) is 0 Å². The third kappa shape index (κ3) is 4.10. The molecule has 16 heavy (non-hydrogen) atoms. The zero-order chi connectivity index (χ0) is 12.0. The minimum Gasteiger partial charge on any atom is -0.396 e. The van der Waals surface area contributed by atoms with Gasteiger partial charge in [0.2, 0.25) is 5.91 Å². The van der Waals surface area contributed by atoms with Gasteiger partial charge in [-0.2, -0.15) is 0 Å². The number of hydrogen-bond donors (Lipinski definition) is 2. The summed E-state index contributed by atoms with van der Waals surface area (Å²) in [6.07, 6.45) is 4.37. The second-order valence-electron chi connectivity index (χ2n) is 4.64. The summed E-state index contributed by atoms with van der Waals surface area (Å²) in [5.74, 6) is 0.154. The maximum absolute atomic E-state index is 11.9. The maximum Gasteiger partial charge on any atom is 0.222 e. The van der Waals surface area contributed by atoms with Crippen molar-refractivity contribution in [1.82, 2.24) is 4.90 Å². The van der Waals surface area contributed by atoms with Gasteiger partial charge < -0.3 is 15.1 Å². The standard InChI is InChI=1S/C12H23NO3/c1-10(15)6-7-12(16)13-8-2-4-11(13)5-3-9-14/h10-11,14-15H,2-9H2,1H3. The third-order valence-corrected chi connectivity index (χ3v) is 3.17. The van der Waals surface area contributed by atoms with E-state index < -0.39 is 6.10 Å². The van der Waals surface area contributed by atoms with E-state index in [1.54, 1.807) is 6.92 Å². The maximum atomic E-state index is 11.9. The molecule has 1 fully saturated rings. The molecule has 1 amide bonds. The molecule has 0 saturated carbocycles. The van der Waals surface area contributed by atoms with Crippen molar-refractivity contribution in [2.24, 2.45) is 0 Å². The quantitative estimate of drug-likeness (QED) is 0.711. The zero-order valence-corrected chi connectivity index (χ0v) is 10.1. The summed E-state index contributed by atoms with van der Waals surface area (Å²) in [6, 6.07) is 0.314. The molecule has 4 nitrogen and oxygen atoms in total. The van der Waals surface area contributed by atoms with Gasteiger partial charge in [-0.15, -0.1) is 0 Å². The van der Waals surface area contributed by atoms with Crippen LogP contribution in [0.15, 0.2) is 0 Å². The van der Waals surface area contributed by atoms with E-state index >= 15 is 0 Å². The van der Waals surface area contributed by atoms with Crippen molar-refractivity contribution in [2.75, 3.05) is 13.2 Å². The molecule has 2 N–H and O–H groups in total. The Balaban J connectivity index is 2.35. The monoisotopic (exact) mass is 229 g/mol. The SMILES string of the molecule is CC(O)CCC(=O)N1CCCC1CCCO. The first kappa shape index (κ1) is 13.5. The summed E-state index contributed by atoms with van der Waals surface area (Å²) < 4.78 is 0. The molecule has 2 unspecified atom stereocenters. The average molecular weight is 229 g/mol. The highest BCUT2D eigenvalue weighted by molar-refractivity contribution is 5.76. The van der Waals surface area contributed by atoms with E-state index in [1.807, 2.05) is 4.90 Å². The number of amides is 1. The van der Waals surface area contributed by atoms with Crippen LogP contribution in [-0.2, 0) is 4.79 Å². The minimum absolute atomic E-state index is 0.154. The van der Waals surface area contributed by atoms with E-state index in [4.69, 9.17) is 10.2 Å². The van der Waals surface area contributed by atoms with Crippen molar-refractivity contribution in [2.45, 2.75) is 57.6 Å². The summed E-state index contributed by atoms with van der Waals surface area (Å²) >= 11 is 0. The van der Waals surface area contributed by atoms with Gasteiger partial charge >= 0.3 is 0 Å². The largest absolute Gasteiger partial charge is 0.396 e. The number of rotatable bonds is 6. The molecule has 0 aromatic carbocycles. The molecule has 2 atom stereocenters. The summed E-state index contributed by atoms with van der Waals surface area (Å²) in [7, 11) is 0. The predicted octanol–water partition coefficient (Wildman–Crippen LogP) is 0.911. The molecule has 0 aromatic rings. The van der Waals surface area contributed by atoms with Gasteiger partial charge in [0.1, 0.15) is 0 Å². The molecule has 1 heterocycles. The van der Waals surface area contributed by atoms with E-state index in [-0.39, 0.29) is 12.5 Å². The lowest BCUT2D eigenvalue weighted by atomic mass is 10.1. The molecular weight excluding hydrogens is 206 g/mol. The fourth-order valence-electron chi connectivity index (χ4n) is 2.27. The summed E-state index contributed by atoms with van der Waals surface area (Å²) in [5, 5.41) is 17.9. The van der Waals surface area contributed by atoms with Crippen molar-refractivity contribution in [3.05, 3.63) is 0 Å². The molecule has 1 aliphatic rings. The Morgan fingerprint density at radius 3 is 2.94 bits per heavy atom. The zero-order valence-electron chi connectivity index (χ0n) is 10.1. The van der Waals surface area contributed by atoms with Crippen molar-refractivity contribution in [1.29, 1.82) is 0 Å². The molecule has 4 heteroatoms. The Labute approximate surface area is 97.3 Å². The Kier molecular flexibility index (Phi) is 5.77. The number of aliphatic hydroxyl groups excluding tert-OH is 2.